The Balaban J connectivity index is 1.88. The molecule has 0 heteroatoms. The van der Waals surface area contributed by atoms with Crippen molar-refractivity contribution in [2.75, 3.05) is 0 Å². The first-order valence-electron chi connectivity index (χ1n) is 8.52. The van der Waals surface area contributed by atoms with Crippen LogP contribution >= 0.6 is 0 Å². The molecule has 0 unspecified atom stereocenters. The smallest absolute Gasteiger partial charge is 0.0000179 e. The Kier molecular flexibility index (Phi) is 2.29. The van der Waals surface area contributed by atoms with Crippen molar-refractivity contribution in [3.05, 3.63) is 58.1 Å². The molecule has 3 aliphatic rings. The van der Waals surface area contributed by atoms with Gasteiger partial charge in [-0.05, 0) is 77.8 Å². The van der Waals surface area contributed by atoms with Crippen molar-refractivity contribution < 1.29 is 0 Å². The number of aryl methyl sites for hydroxylation is 3. The maximum Gasteiger partial charge on any atom is -0.0000179 e. The standard InChI is InChI=1S/C21H22/c1-14-11-16-8-7-15-5-4-6-18-20(15)19(16)17(12-14)13-21(18)9-2-3-10-21/h4-6,11-12H,2-3,7-10,13H2,1H3. The Morgan fingerprint density at radius 3 is 2.48 bits per heavy atom. The van der Waals surface area contributed by atoms with Gasteiger partial charge in [-0.25, -0.2) is 0 Å². The topological polar surface area (TPSA) is 0 Å². The first kappa shape index (κ1) is 12.0. The van der Waals surface area contributed by atoms with E-state index in [1.807, 2.05) is 0 Å². The molecule has 0 heterocycles. The summed E-state index contributed by atoms with van der Waals surface area (Å²) in [5.41, 5.74) is 11.7. The molecule has 0 aliphatic heterocycles. The first-order valence-corrected chi connectivity index (χ1v) is 8.52. The van der Waals surface area contributed by atoms with Gasteiger partial charge in [-0.3, -0.25) is 0 Å². The molecular weight excluding hydrogens is 252 g/mol. The zero-order valence-electron chi connectivity index (χ0n) is 12.8. The van der Waals surface area contributed by atoms with Crippen LogP contribution in [-0.4, -0.2) is 0 Å². The molecule has 5 rings (SSSR count). The van der Waals surface area contributed by atoms with Crippen LogP contribution in [0.3, 0.4) is 0 Å². The summed E-state index contributed by atoms with van der Waals surface area (Å²) < 4.78 is 0. The van der Waals surface area contributed by atoms with E-state index in [9.17, 15) is 0 Å². The van der Waals surface area contributed by atoms with E-state index in [0.29, 0.717) is 5.41 Å². The number of hydrogen-bond acceptors (Lipinski definition) is 0. The van der Waals surface area contributed by atoms with Crippen molar-refractivity contribution >= 4 is 0 Å². The molecule has 1 spiro atoms. The second-order valence-electron chi connectivity index (χ2n) is 7.46. The second-order valence-corrected chi connectivity index (χ2v) is 7.46. The number of rotatable bonds is 0. The normalized spacial score (nSPS) is 20.6. The minimum Gasteiger partial charge on any atom is -0.0617 e. The molecule has 1 saturated carbocycles. The Morgan fingerprint density at radius 1 is 0.857 bits per heavy atom. The van der Waals surface area contributed by atoms with Gasteiger partial charge < -0.3 is 0 Å². The molecule has 0 bridgehead atoms. The van der Waals surface area contributed by atoms with E-state index in [0.717, 1.165) is 0 Å². The minimum atomic E-state index is 0.459. The van der Waals surface area contributed by atoms with Crippen LogP contribution in [0.2, 0.25) is 0 Å². The van der Waals surface area contributed by atoms with Gasteiger partial charge in [-0.2, -0.15) is 0 Å². The van der Waals surface area contributed by atoms with E-state index in [1.54, 1.807) is 33.4 Å². The van der Waals surface area contributed by atoms with Crippen molar-refractivity contribution in [1.29, 1.82) is 0 Å². The van der Waals surface area contributed by atoms with Gasteiger partial charge in [0.15, 0.2) is 0 Å². The highest BCUT2D eigenvalue weighted by Crippen LogP contribution is 2.54. The fraction of sp³-hybridized carbons (Fsp3) is 0.429. The van der Waals surface area contributed by atoms with E-state index in [-0.39, 0.29) is 0 Å². The zero-order chi connectivity index (χ0) is 14.0. The Morgan fingerprint density at radius 2 is 1.62 bits per heavy atom. The van der Waals surface area contributed by atoms with Gasteiger partial charge in [0.2, 0.25) is 0 Å². The third-order valence-corrected chi connectivity index (χ3v) is 6.17. The van der Waals surface area contributed by atoms with Crippen molar-refractivity contribution in [2.24, 2.45) is 0 Å². The van der Waals surface area contributed by atoms with E-state index < -0.39 is 0 Å². The number of hydrogen-bond donors (Lipinski definition) is 0. The molecule has 0 saturated heterocycles. The maximum atomic E-state index is 2.48. The van der Waals surface area contributed by atoms with Crippen LogP contribution in [0.4, 0.5) is 0 Å². The summed E-state index contributed by atoms with van der Waals surface area (Å²) >= 11 is 0. The molecule has 106 valence electrons. The highest BCUT2D eigenvalue weighted by molar-refractivity contribution is 5.82. The van der Waals surface area contributed by atoms with Crippen molar-refractivity contribution in [3.8, 4) is 11.1 Å². The van der Waals surface area contributed by atoms with Crippen LogP contribution in [0.25, 0.3) is 11.1 Å². The van der Waals surface area contributed by atoms with Crippen molar-refractivity contribution in [2.45, 2.75) is 57.3 Å². The lowest BCUT2D eigenvalue weighted by Crippen LogP contribution is -2.31. The fourth-order valence-electron chi connectivity index (χ4n) is 5.37. The van der Waals surface area contributed by atoms with Crippen molar-refractivity contribution in [1.82, 2.24) is 0 Å². The first-order chi connectivity index (χ1) is 10.3. The van der Waals surface area contributed by atoms with Crippen LogP contribution in [0.5, 0.6) is 0 Å². The van der Waals surface area contributed by atoms with Crippen LogP contribution in [0, 0.1) is 6.92 Å². The van der Waals surface area contributed by atoms with E-state index >= 15 is 0 Å². The predicted octanol–water partition coefficient (Wildman–Crippen LogP) is 5.13. The lowest BCUT2D eigenvalue weighted by Gasteiger charge is -2.40. The maximum absolute atomic E-state index is 2.48. The third-order valence-electron chi connectivity index (χ3n) is 6.17. The van der Waals surface area contributed by atoms with Gasteiger partial charge in [0.25, 0.3) is 0 Å². The van der Waals surface area contributed by atoms with E-state index in [1.165, 1.54) is 50.5 Å². The Hall–Kier alpha value is -1.56. The van der Waals surface area contributed by atoms with Crippen LogP contribution in [-0.2, 0) is 24.7 Å². The summed E-state index contributed by atoms with van der Waals surface area (Å²) in [6, 6.07) is 12.1. The molecule has 21 heavy (non-hydrogen) atoms. The lowest BCUT2D eigenvalue weighted by atomic mass is 9.63. The summed E-state index contributed by atoms with van der Waals surface area (Å²) in [5, 5.41) is 0. The highest BCUT2D eigenvalue weighted by Gasteiger charge is 2.42. The molecule has 2 aromatic rings. The second kappa shape index (κ2) is 4.00. The molecule has 1 fully saturated rings. The number of fused-ring (bicyclic) bond motifs is 1. The average molecular weight is 274 g/mol. The Labute approximate surface area is 127 Å². The molecule has 3 aliphatic carbocycles. The monoisotopic (exact) mass is 274 g/mol. The molecule has 0 radical (unpaired) electrons. The predicted molar refractivity (Wildman–Crippen MR) is 87.9 cm³/mol. The minimum absolute atomic E-state index is 0.459. The molecule has 2 aromatic carbocycles. The molecule has 0 nitrogen and oxygen atoms in total. The molecule has 0 aromatic heterocycles. The third kappa shape index (κ3) is 1.51. The summed E-state index contributed by atoms with van der Waals surface area (Å²) in [6.07, 6.45) is 9.36. The molecule has 0 N–H and O–H groups in total. The van der Waals surface area contributed by atoms with Crippen molar-refractivity contribution in [3.63, 3.8) is 0 Å². The quantitative estimate of drug-likeness (QED) is 0.625. The van der Waals surface area contributed by atoms with Crippen LogP contribution in [0.15, 0.2) is 30.3 Å². The number of benzene rings is 2. The van der Waals surface area contributed by atoms with E-state index in [2.05, 4.69) is 37.3 Å². The van der Waals surface area contributed by atoms with Gasteiger partial charge in [-0.1, -0.05) is 48.7 Å². The summed E-state index contributed by atoms with van der Waals surface area (Å²) in [5.74, 6) is 0. The highest BCUT2D eigenvalue weighted by atomic mass is 14.5. The summed E-state index contributed by atoms with van der Waals surface area (Å²) in [7, 11) is 0. The van der Waals surface area contributed by atoms with Gasteiger partial charge >= 0.3 is 0 Å². The van der Waals surface area contributed by atoms with Gasteiger partial charge in [0.05, 0.1) is 0 Å². The van der Waals surface area contributed by atoms with E-state index in [4.69, 9.17) is 0 Å². The van der Waals surface area contributed by atoms with Gasteiger partial charge in [0, 0.05) is 0 Å². The molecular formula is C21H22. The Bertz CT molecular complexity index is 745. The average Bonchev–Trinajstić information content (AvgIpc) is 2.94. The van der Waals surface area contributed by atoms with Gasteiger partial charge in [0.1, 0.15) is 0 Å². The summed E-state index contributed by atoms with van der Waals surface area (Å²) in [6.45, 7) is 2.27. The lowest BCUT2D eigenvalue weighted by molar-refractivity contribution is 0.432. The molecule has 0 atom stereocenters. The van der Waals surface area contributed by atoms with Crippen LogP contribution in [0.1, 0.15) is 53.5 Å². The SMILES string of the molecule is Cc1cc2c3c(c1)CC1(CCCC1)c1cccc(c1-3)CC2. The molecule has 0 amide bonds. The zero-order valence-corrected chi connectivity index (χ0v) is 12.8. The van der Waals surface area contributed by atoms with Gasteiger partial charge in [-0.15, -0.1) is 0 Å². The largest absolute Gasteiger partial charge is 0.0617 e. The fourth-order valence-corrected chi connectivity index (χ4v) is 5.37. The summed E-state index contributed by atoms with van der Waals surface area (Å²) in [4.78, 5) is 0. The van der Waals surface area contributed by atoms with Crippen LogP contribution < -0.4 is 0 Å².